The van der Waals surface area contributed by atoms with Crippen LogP contribution in [0.2, 0.25) is 0 Å². The summed E-state index contributed by atoms with van der Waals surface area (Å²) in [6.45, 7) is 0. The Hall–Kier alpha value is -2.98. The van der Waals surface area contributed by atoms with Crippen LogP contribution in [0.25, 0.3) is 0 Å². The number of rotatable bonds is 2. The normalized spacial score (nSPS) is 35.1. The number of nitrogens with two attached hydrogens (primary N) is 10. The van der Waals surface area contributed by atoms with Gasteiger partial charge < -0.3 is 40.8 Å². The van der Waals surface area contributed by atoms with Crippen molar-refractivity contribution in [1.82, 2.24) is 0 Å². The highest BCUT2D eigenvalue weighted by Gasteiger charge is 2.58. The number of likely N-dealkylation sites (N-methyl/N-ethyl adjacent to an activating group) is 2. The topological polar surface area (TPSA) is 343 Å². The van der Waals surface area contributed by atoms with E-state index in [0.29, 0.717) is 0 Å². The van der Waals surface area contributed by atoms with E-state index in [2.05, 4.69) is 0 Å². The first kappa shape index (κ1) is 24.2. The second kappa shape index (κ2) is 6.37. The Bertz CT molecular complexity index is 1060. The van der Waals surface area contributed by atoms with Crippen LogP contribution in [0.4, 0.5) is 0 Å². The summed E-state index contributed by atoms with van der Waals surface area (Å²) in [7, 11) is 2.32. The molecule has 2 unspecified atom stereocenters. The van der Waals surface area contributed by atoms with Gasteiger partial charge in [0.1, 0.15) is 23.8 Å². The van der Waals surface area contributed by atoms with Crippen LogP contribution in [0.1, 0.15) is 0 Å². The molecular formula is C16H28N12O6. The molecule has 0 amide bonds. The number of quaternary nitrogens is 2. The fraction of sp³-hybridized carbons (Fsp3) is 0.375. The van der Waals surface area contributed by atoms with Gasteiger partial charge in [-0.25, -0.2) is 0 Å². The molecule has 0 bridgehead atoms. The first-order chi connectivity index (χ1) is 15.1. The Morgan fingerprint density at radius 1 is 0.618 bits per heavy atom. The van der Waals surface area contributed by atoms with Crippen molar-refractivity contribution in [3.63, 3.8) is 0 Å². The van der Waals surface area contributed by atoms with Crippen molar-refractivity contribution in [3.8, 4) is 0 Å². The summed E-state index contributed by atoms with van der Waals surface area (Å²) in [5.74, 6) is -9.92. The number of nitrogens with zero attached hydrogens (tertiary/aromatic N) is 2. The number of fused-ring (bicyclic) bond motifs is 2. The van der Waals surface area contributed by atoms with Crippen LogP contribution in [0.5, 0.6) is 0 Å². The van der Waals surface area contributed by atoms with Gasteiger partial charge in [0.2, 0.25) is 34.4 Å². The van der Waals surface area contributed by atoms with Crippen molar-refractivity contribution in [3.05, 3.63) is 68.6 Å². The highest BCUT2D eigenvalue weighted by molar-refractivity contribution is 5.49. The molecule has 0 aliphatic carbocycles. The Kier molecular flexibility index (Phi) is 4.52. The van der Waals surface area contributed by atoms with Crippen molar-refractivity contribution in [1.29, 1.82) is 0 Å². The minimum atomic E-state index is -2.28. The summed E-state index contributed by atoms with van der Waals surface area (Å²) < 4.78 is 19.1. The van der Waals surface area contributed by atoms with Gasteiger partial charge in [-0.2, -0.15) is 0 Å². The van der Waals surface area contributed by atoms with E-state index >= 15 is 0 Å². The number of hydrogen-bond acceptors (Lipinski definition) is 16. The first-order valence-electron chi connectivity index (χ1n) is 9.57. The van der Waals surface area contributed by atoms with Crippen LogP contribution in [-0.4, -0.2) is 46.8 Å². The van der Waals surface area contributed by atoms with Crippen LogP contribution >= 0.6 is 0 Å². The fourth-order valence-corrected chi connectivity index (χ4v) is 3.67. The van der Waals surface area contributed by atoms with Gasteiger partial charge in [-0.15, -0.1) is 0 Å². The Labute approximate surface area is 192 Å². The van der Waals surface area contributed by atoms with Gasteiger partial charge in [0.05, 0.1) is 14.1 Å². The molecule has 34 heavy (non-hydrogen) atoms. The lowest BCUT2D eigenvalue weighted by Gasteiger charge is -2.43. The largest absolute Gasteiger partial charge is 0.622 e. The molecule has 0 radical (unpaired) electrons. The molecule has 0 aromatic heterocycles. The summed E-state index contributed by atoms with van der Waals surface area (Å²) in [5.41, 5.74) is 57.3. The molecular weight excluding hydrogens is 456 g/mol. The van der Waals surface area contributed by atoms with Crippen LogP contribution in [0.3, 0.4) is 0 Å². The van der Waals surface area contributed by atoms with Gasteiger partial charge in [0.25, 0.3) is 23.4 Å². The third kappa shape index (κ3) is 3.15. The molecule has 0 saturated carbocycles. The van der Waals surface area contributed by atoms with Gasteiger partial charge in [0, 0.05) is 0 Å². The van der Waals surface area contributed by atoms with Crippen LogP contribution in [0.15, 0.2) is 58.2 Å². The van der Waals surface area contributed by atoms with Crippen molar-refractivity contribution < 1.29 is 28.2 Å². The maximum atomic E-state index is 13.3. The van der Waals surface area contributed by atoms with E-state index < -0.39 is 44.1 Å². The lowest BCUT2D eigenvalue weighted by molar-refractivity contribution is -0.764. The predicted octanol–water partition coefficient (Wildman–Crippen LogP) is -5.48. The monoisotopic (exact) mass is 484 g/mol. The number of hydroxylamine groups is 6. The molecule has 0 spiro atoms. The van der Waals surface area contributed by atoms with E-state index in [4.69, 9.17) is 76.3 Å². The maximum Gasteiger partial charge on any atom is 0.282 e. The molecule has 2 fully saturated rings. The number of hydrogen-bond donors (Lipinski definition) is 10. The minimum absolute atomic E-state index is 0.196. The summed E-state index contributed by atoms with van der Waals surface area (Å²) in [6.07, 6.45) is 2.05. The summed E-state index contributed by atoms with van der Waals surface area (Å²) in [4.78, 5) is 0. The Balaban J connectivity index is 1.88. The number of ether oxygens (including phenoxy) is 4. The lowest BCUT2D eigenvalue weighted by atomic mass is 10.1. The minimum Gasteiger partial charge on any atom is -0.622 e. The molecule has 0 aromatic carbocycles. The van der Waals surface area contributed by atoms with E-state index in [-0.39, 0.29) is 34.4 Å². The maximum absolute atomic E-state index is 13.3. The second-order valence-corrected chi connectivity index (χ2v) is 8.73. The van der Waals surface area contributed by atoms with Gasteiger partial charge in [-0.3, -0.25) is 55.2 Å². The SMILES string of the molecule is C[N+]1([O-])C=C2OC(N)(N)C(N)(N)OC2=C1/C(N)=C(\N)C1=C2OC(N)(N)C(N)(N)OC2=C[N+]1(C)[O-]. The summed E-state index contributed by atoms with van der Waals surface area (Å²) in [5, 5.41) is 26.6. The summed E-state index contributed by atoms with van der Waals surface area (Å²) >= 11 is 0. The smallest absolute Gasteiger partial charge is 0.282 e. The third-order valence-corrected chi connectivity index (χ3v) is 5.61. The molecule has 2 saturated heterocycles. The molecule has 18 nitrogen and oxygen atoms in total. The highest BCUT2D eigenvalue weighted by atomic mass is 16.7. The molecule has 0 aromatic rings. The van der Waals surface area contributed by atoms with E-state index in [1.165, 1.54) is 0 Å². The molecule has 4 rings (SSSR count). The van der Waals surface area contributed by atoms with Crippen LogP contribution in [-0.2, 0) is 18.9 Å². The summed E-state index contributed by atoms with van der Waals surface area (Å²) in [6, 6.07) is 0. The molecule has 4 heterocycles. The van der Waals surface area contributed by atoms with Crippen LogP contribution < -0.4 is 57.3 Å². The van der Waals surface area contributed by atoms with Crippen LogP contribution in [0, 0.1) is 10.4 Å². The zero-order valence-electron chi connectivity index (χ0n) is 18.3. The van der Waals surface area contributed by atoms with Gasteiger partial charge in [-0.1, -0.05) is 0 Å². The van der Waals surface area contributed by atoms with Crippen molar-refractivity contribution in [2.75, 3.05) is 14.1 Å². The lowest BCUT2D eigenvalue weighted by Crippen LogP contribution is -2.79. The zero-order chi connectivity index (χ0) is 25.9. The fourth-order valence-electron chi connectivity index (χ4n) is 3.67. The van der Waals surface area contributed by atoms with Gasteiger partial charge >= 0.3 is 0 Å². The zero-order valence-corrected chi connectivity index (χ0v) is 18.3. The molecule has 4 aliphatic rings. The highest BCUT2D eigenvalue weighted by Crippen LogP contribution is 2.46. The molecule has 2 atom stereocenters. The average molecular weight is 484 g/mol. The van der Waals surface area contributed by atoms with E-state index in [9.17, 15) is 10.4 Å². The van der Waals surface area contributed by atoms with Gasteiger partial charge in [0.15, 0.2) is 0 Å². The predicted molar refractivity (Wildman–Crippen MR) is 113 cm³/mol. The molecule has 20 N–H and O–H groups in total. The molecule has 188 valence electrons. The van der Waals surface area contributed by atoms with Crippen molar-refractivity contribution >= 4 is 0 Å². The van der Waals surface area contributed by atoms with E-state index in [0.717, 1.165) is 26.5 Å². The molecule has 4 aliphatic heterocycles. The average Bonchev–Trinajstić information content (AvgIpc) is 2.99. The Morgan fingerprint density at radius 2 is 0.882 bits per heavy atom. The third-order valence-electron chi connectivity index (χ3n) is 5.61. The van der Waals surface area contributed by atoms with Gasteiger partial charge in [-0.05, 0) is 0 Å². The second-order valence-electron chi connectivity index (χ2n) is 8.73. The first-order valence-corrected chi connectivity index (χ1v) is 9.57. The Morgan fingerprint density at radius 3 is 1.18 bits per heavy atom. The quantitative estimate of drug-likeness (QED) is 0.0991. The standard InChI is InChI=1S/C16H28N12O6/c1-27(29)3-5-11(33-15(23,24)13(19,20)31-5)9(27)7(17)8(18)10-12-6(4-28(10,2)30)32-14(21,22)16(25,26)34-12/h3-4H,17-26H2,1-2H3/b8-7+. The van der Waals surface area contributed by atoms with E-state index in [1.807, 2.05) is 0 Å². The molecule has 18 heteroatoms. The van der Waals surface area contributed by atoms with Crippen molar-refractivity contribution in [2.24, 2.45) is 57.3 Å². The van der Waals surface area contributed by atoms with E-state index in [1.54, 1.807) is 0 Å². The van der Waals surface area contributed by atoms with Crippen molar-refractivity contribution in [2.45, 2.75) is 23.4 Å².